The molecule has 0 aliphatic heterocycles. The molecule has 1 aromatic heterocycles. The topological polar surface area (TPSA) is 42.1 Å². The standard InChI is InChI=1S/C15H20FN3S/c1-10(17)15-18-12(9-20-15)8-19(3)11(2)13-6-4-5-7-14(13)16/h4-7,9-11H,8,17H2,1-3H3. The number of hydrogen-bond acceptors (Lipinski definition) is 4. The SMILES string of the molecule is CC(N)c1nc(CN(C)C(C)c2ccccc2F)cs1. The van der Waals surface area contributed by atoms with E-state index >= 15 is 0 Å². The normalized spacial score (nSPS) is 14.5. The van der Waals surface area contributed by atoms with Gasteiger partial charge in [0.05, 0.1) is 11.7 Å². The van der Waals surface area contributed by atoms with E-state index < -0.39 is 0 Å². The number of aromatic nitrogens is 1. The summed E-state index contributed by atoms with van der Waals surface area (Å²) in [7, 11) is 1.97. The van der Waals surface area contributed by atoms with E-state index in [0.717, 1.165) is 10.7 Å². The van der Waals surface area contributed by atoms with Crippen LogP contribution in [0.1, 0.15) is 42.2 Å². The van der Waals surface area contributed by atoms with Gasteiger partial charge in [0.15, 0.2) is 0 Å². The van der Waals surface area contributed by atoms with Gasteiger partial charge in [-0.25, -0.2) is 9.37 Å². The summed E-state index contributed by atoms with van der Waals surface area (Å²) >= 11 is 1.57. The molecule has 108 valence electrons. The van der Waals surface area contributed by atoms with E-state index in [4.69, 9.17) is 5.73 Å². The summed E-state index contributed by atoms with van der Waals surface area (Å²) in [6.07, 6.45) is 0. The van der Waals surface area contributed by atoms with Gasteiger partial charge in [-0.3, -0.25) is 4.90 Å². The Morgan fingerprint density at radius 2 is 2.05 bits per heavy atom. The van der Waals surface area contributed by atoms with Crippen LogP contribution < -0.4 is 5.73 Å². The average Bonchev–Trinajstić information content (AvgIpc) is 2.87. The summed E-state index contributed by atoms with van der Waals surface area (Å²) in [6, 6.07) is 6.85. The molecule has 0 saturated heterocycles. The summed E-state index contributed by atoms with van der Waals surface area (Å²) in [5, 5.41) is 2.95. The lowest BCUT2D eigenvalue weighted by Crippen LogP contribution is -2.23. The third kappa shape index (κ3) is 3.42. The molecule has 2 N–H and O–H groups in total. The molecule has 0 bridgehead atoms. The average molecular weight is 293 g/mol. The molecular formula is C15H20FN3S. The van der Waals surface area contributed by atoms with E-state index in [9.17, 15) is 4.39 Å². The van der Waals surface area contributed by atoms with Gasteiger partial charge in [-0.2, -0.15) is 0 Å². The summed E-state index contributed by atoms with van der Waals surface area (Å²) < 4.78 is 13.8. The molecule has 3 nitrogen and oxygen atoms in total. The van der Waals surface area contributed by atoms with Crippen LogP contribution in [0.2, 0.25) is 0 Å². The van der Waals surface area contributed by atoms with Gasteiger partial charge >= 0.3 is 0 Å². The van der Waals surface area contributed by atoms with Gasteiger partial charge in [-0.1, -0.05) is 18.2 Å². The Labute approximate surface area is 123 Å². The number of hydrogen-bond donors (Lipinski definition) is 1. The zero-order valence-corrected chi connectivity index (χ0v) is 12.8. The lowest BCUT2D eigenvalue weighted by molar-refractivity contribution is 0.245. The number of benzene rings is 1. The second-order valence-electron chi connectivity index (χ2n) is 5.08. The van der Waals surface area contributed by atoms with E-state index in [0.29, 0.717) is 12.1 Å². The molecule has 1 heterocycles. The van der Waals surface area contributed by atoms with Crippen LogP contribution in [0.3, 0.4) is 0 Å². The number of nitrogens with zero attached hydrogens (tertiary/aromatic N) is 2. The van der Waals surface area contributed by atoms with Gasteiger partial charge in [-0.15, -0.1) is 11.3 Å². The smallest absolute Gasteiger partial charge is 0.127 e. The quantitative estimate of drug-likeness (QED) is 0.917. The third-order valence-corrected chi connectivity index (χ3v) is 4.48. The summed E-state index contributed by atoms with van der Waals surface area (Å²) in [4.78, 5) is 6.59. The molecule has 0 spiro atoms. The summed E-state index contributed by atoms with van der Waals surface area (Å²) in [5.41, 5.74) is 7.50. The number of halogens is 1. The van der Waals surface area contributed by atoms with Gasteiger partial charge < -0.3 is 5.73 Å². The van der Waals surface area contributed by atoms with Crippen LogP contribution in [0.15, 0.2) is 29.6 Å². The van der Waals surface area contributed by atoms with E-state index in [1.165, 1.54) is 6.07 Å². The maximum absolute atomic E-state index is 13.8. The minimum atomic E-state index is -0.165. The Morgan fingerprint density at radius 3 is 2.65 bits per heavy atom. The first kappa shape index (κ1) is 15.1. The third-order valence-electron chi connectivity index (χ3n) is 3.39. The monoisotopic (exact) mass is 293 g/mol. The first-order valence-electron chi connectivity index (χ1n) is 6.63. The second-order valence-corrected chi connectivity index (χ2v) is 5.97. The van der Waals surface area contributed by atoms with Crippen molar-refractivity contribution in [2.75, 3.05) is 7.05 Å². The van der Waals surface area contributed by atoms with Gasteiger partial charge in [0, 0.05) is 23.5 Å². The maximum Gasteiger partial charge on any atom is 0.127 e. The van der Waals surface area contributed by atoms with Crippen molar-refractivity contribution in [1.82, 2.24) is 9.88 Å². The molecular weight excluding hydrogens is 273 g/mol. The van der Waals surface area contributed by atoms with Crippen LogP contribution in [0.5, 0.6) is 0 Å². The molecule has 1 aromatic carbocycles. The Morgan fingerprint density at radius 1 is 1.35 bits per heavy atom. The summed E-state index contributed by atoms with van der Waals surface area (Å²) in [6.45, 7) is 4.60. The van der Waals surface area contributed by atoms with Gasteiger partial charge in [0.25, 0.3) is 0 Å². The van der Waals surface area contributed by atoms with Crippen molar-refractivity contribution >= 4 is 11.3 Å². The fraction of sp³-hybridized carbons (Fsp3) is 0.400. The van der Waals surface area contributed by atoms with Crippen LogP contribution >= 0.6 is 11.3 Å². The molecule has 0 saturated carbocycles. The molecule has 2 aromatic rings. The molecule has 0 fully saturated rings. The highest BCUT2D eigenvalue weighted by Crippen LogP contribution is 2.24. The molecule has 2 rings (SSSR count). The predicted octanol–water partition coefficient (Wildman–Crippen LogP) is 3.49. The van der Waals surface area contributed by atoms with E-state index in [1.54, 1.807) is 17.4 Å². The van der Waals surface area contributed by atoms with Crippen molar-refractivity contribution in [3.8, 4) is 0 Å². The Bertz CT molecular complexity index is 568. The zero-order valence-electron chi connectivity index (χ0n) is 12.0. The first-order valence-corrected chi connectivity index (χ1v) is 7.51. The minimum Gasteiger partial charge on any atom is -0.322 e. The molecule has 2 atom stereocenters. The second kappa shape index (κ2) is 6.43. The fourth-order valence-electron chi connectivity index (χ4n) is 2.05. The first-order chi connectivity index (χ1) is 9.49. The van der Waals surface area contributed by atoms with Crippen LogP contribution in [0.25, 0.3) is 0 Å². The fourth-order valence-corrected chi connectivity index (χ4v) is 2.82. The minimum absolute atomic E-state index is 0.00310. The molecule has 0 aliphatic carbocycles. The number of thiazole rings is 1. The molecule has 0 radical (unpaired) electrons. The van der Waals surface area contributed by atoms with E-state index in [-0.39, 0.29) is 17.9 Å². The van der Waals surface area contributed by atoms with Gasteiger partial charge in [0.1, 0.15) is 10.8 Å². The molecule has 0 amide bonds. The van der Waals surface area contributed by atoms with E-state index in [1.807, 2.05) is 38.4 Å². The molecule has 2 unspecified atom stereocenters. The highest BCUT2D eigenvalue weighted by atomic mass is 32.1. The van der Waals surface area contributed by atoms with Crippen LogP contribution in [-0.2, 0) is 6.54 Å². The predicted molar refractivity (Wildman–Crippen MR) is 81.0 cm³/mol. The van der Waals surface area contributed by atoms with Crippen LogP contribution in [0.4, 0.5) is 4.39 Å². The summed E-state index contributed by atoms with van der Waals surface area (Å²) in [5.74, 6) is -0.165. The molecule has 0 aliphatic rings. The van der Waals surface area contributed by atoms with Crippen molar-refractivity contribution in [2.45, 2.75) is 32.5 Å². The molecule has 5 heteroatoms. The molecule has 20 heavy (non-hydrogen) atoms. The van der Waals surface area contributed by atoms with Crippen molar-refractivity contribution in [2.24, 2.45) is 5.73 Å². The van der Waals surface area contributed by atoms with Crippen LogP contribution in [-0.4, -0.2) is 16.9 Å². The number of nitrogens with two attached hydrogens (primary N) is 1. The Hall–Kier alpha value is -1.30. The lowest BCUT2D eigenvalue weighted by Gasteiger charge is -2.24. The maximum atomic E-state index is 13.8. The largest absolute Gasteiger partial charge is 0.322 e. The zero-order chi connectivity index (χ0) is 14.7. The van der Waals surface area contributed by atoms with Gasteiger partial charge in [-0.05, 0) is 27.0 Å². The highest BCUT2D eigenvalue weighted by molar-refractivity contribution is 7.09. The van der Waals surface area contributed by atoms with Crippen molar-refractivity contribution < 1.29 is 4.39 Å². The van der Waals surface area contributed by atoms with E-state index in [2.05, 4.69) is 9.88 Å². The van der Waals surface area contributed by atoms with Crippen molar-refractivity contribution in [3.63, 3.8) is 0 Å². The lowest BCUT2D eigenvalue weighted by atomic mass is 10.1. The van der Waals surface area contributed by atoms with Gasteiger partial charge in [0.2, 0.25) is 0 Å². The van der Waals surface area contributed by atoms with Crippen molar-refractivity contribution in [3.05, 3.63) is 51.7 Å². The highest BCUT2D eigenvalue weighted by Gasteiger charge is 2.16. The number of rotatable bonds is 5. The Balaban J connectivity index is 2.07. The van der Waals surface area contributed by atoms with Crippen molar-refractivity contribution in [1.29, 1.82) is 0 Å². The Kier molecular flexibility index (Phi) is 4.86. The van der Waals surface area contributed by atoms with Crippen LogP contribution in [0, 0.1) is 5.82 Å².